The molecule has 0 atom stereocenters. The van der Waals surface area contributed by atoms with Crippen molar-refractivity contribution in [3.63, 3.8) is 0 Å². The zero-order valence-corrected chi connectivity index (χ0v) is 25.0. The number of likely N-dealkylation sites (tertiary alicyclic amines) is 1. The second-order valence-electron chi connectivity index (χ2n) is 11.3. The van der Waals surface area contributed by atoms with Crippen LogP contribution in [-0.2, 0) is 21.4 Å². The number of carbonyl (C=O) groups is 2. The first-order valence-corrected chi connectivity index (χ1v) is 16.2. The van der Waals surface area contributed by atoms with E-state index in [0.29, 0.717) is 24.2 Å². The smallest absolute Gasteiger partial charge is 0.490 e. The second-order valence-corrected chi connectivity index (χ2v) is 13.5. The molecule has 2 saturated carbocycles. The number of aliphatic carboxylic acids is 1. The molecule has 14 heteroatoms. The van der Waals surface area contributed by atoms with E-state index in [2.05, 4.69) is 23.1 Å². The molecule has 1 saturated heterocycles. The topological polar surface area (TPSA) is 113 Å². The minimum Gasteiger partial charge on any atom is -0.493 e. The molecule has 2 aliphatic carbocycles. The van der Waals surface area contributed by atoms with Gasteiger partial charge < -0.3 is 9.84 Å². The molecule has 2 aromatic rings. The third kappa shape index (κ3) is 9.80. The number of piperidine rings is 1. The number of halogens is 5. The van der Waals surface area contributed by atoms with Gasteiger partial charge >= 0.3 is 12.1 Å². The molecule has 236 valence electrons. The maximum absolute atomic E-state index is 14.7. The molecule has 0 spiro atoms. The van der Waals surface area contributed by atoms with E-state index in [1.807, 2.05) is 4.72 Å². The summed E-state index contributed by atoms with van der Waals surface area (Å²) in [5.41, 5.74) is 3.02. The lowest BCUT2D eigenvalue weighted by molar-refractivity contribution is -0.192. The molecule has 1 aliphatic heterocycles. The number of ether oxygens (including phenoxy) is 1. The first-order valence-electron chi connectivity index (χ1n) is 13.9. The van der Waals surface area contributed by atoms with Gasteiger partial charge in [0.15, 0.2) is 0 Å². The molecule has 3 fully saturated rings. The van der Waals surface area contributed by atoms with Gasteiger partial charge in [0.25, 0.3) is 5.91 Å². The SMILES string of the molecule is CS(=O)(=O)NC(=O)c1cc(C2CC2)c(OCC2CCN(Cc3ccc(C4CC4)cc3Cl)CC2)cc1F.O=C(O)C(F)(F)F. The van der Waals surface area contributed by atoms with Gasteiger partial charge in [-0.3, -0.25) is 9.69 Å². The predicted octanol–water partition coefficient (Wildman–Crippen LogP) is 5.85. The highest BCUT2D eigenvalue weighted by atomic mass is 35.5. The minimum absolute atomic E-state index is 0.211. The summed E-state index contributed by atoms with van der Waals surface area (Å²) in [5.74, 6) is -2.78. The molecule has 0 unspecified atom stereocenters. The van der Waals surface area contributed by atoms with Crippen molar-refractivity contribution in [3.8, 4) is 5.75 Å². The summed E-state index contributed by atoms with van der Waals surface area (Å²) in [6.45, 7) is 3.22. The Morgan fingerprint density at radius 1 is 1.05 bits per heavy atom. The number of nitrogens with one attached hydrogen (secondary N) is 1. The third-order valence-corrected chi connectivity index (χ3v) is 8.49. The third-order valence-electron chi connectivity index (χ3n) is 7.58. The predicted molar refractivity (Wildman–Crippen MR) is 151 cm³/mol. The van der Waals surface area contributed by atoms with E-state index in [0.717, 1.165) is 62.2 Å². The number of carbonyl (C=O) groups excluding carboxylic acids is 1. The molecular weight excluding hydrogens is 616 g/mol. The number of alkyl halides is 3. The van der Waals surface area contributed by atoms with E-state index in [4.69, 9.17) is 26.2 Å². The Labute approximate surface area is 252 Å². The lowest BCUT2D eigenvalue weighted by Gasteiger charge is -2.32. The molecule has 0 aromatic heterocycles. The summed E-state index contributed by atoms with van der Waals surface area (Å²) >= 11 is 6.55. The van der Waals surface area contributed by atoms with E-state index in [1.54, 1.807) is 0 Å². The summed E-state index contributed by atoms with van der Waals surface area (Å²) in [5, 5.41) is 7.98. The van der Waals surface area contributed by atoms with Crippen molar-refractivity contribution in [1.29, 1.82) is 0 Å². The number of rotatable bonds is 9. The minimum atomic E-state index is -5.08. The van der Waals surface area contributed by atoms with Gasteiger partial charge in [0.2, 0.25) is 10.0 Å². The van der Waals surface area contributed by atoms with Crippen LogP contribution in [0, 0.1) is 11.7 Å². The number of amides is 1. The Morgan fingerprint density at radius 2 is 1.65 bits per heavy atom. The molecule has 0 bridgehead atoms. The first kappa shape index (κ1) is 33.0. The van der Waals surface area contributed by atoms with Gasteiger partial charge in [0.05, 0.1) is 18.4 Å². The van der Waals surface area contributed by atoms with Gasteiger partial charge in [-0.1, -0.05) is 23.7 Å². The van der Waals surface area contributed by atoms with Gasteiger partial charge in [0, 0.05) is 17.6 Å². The normalized spacial score (nSPS) is 18.0. The van der Waals surface area contributed by atoms with Crippen LogP contribution >= 0.6 is 11.6 Å². The van der Waals surface area contributed by atoms with Crippen molar-refractivity contribution in [2.75, 3.05) is 26.0 Å². The van der Waals surface area contributed by atoms with Crippen molar-refractivity contribution in [3.05, 3.63) is 63.4 Å². The van der Waals surface area contributed by atoms with Gasteiger partial charge in [-0.15, -0.1) is 0 Å². The summed E-state index contributed by atoms with van der Waals surface area (Å²) in [4.78, 5) is 23.6. The maximum Gasteiger partial charge on any atom is 0.490 e. The van der Waals surface area contributed by atoms with Gasteiger partial charge in [-0.2, -0.15) is 13.2 Å². The van der Waals surface area contributed by atoms with Crippen molar-refractivity contribution in [1.82, 2.24) is 9.62 Å². The quantitative estimate of drug-likeness (QED) is 0.328. The second kappa shape index (κ2) is 13.4. The Balaban J connectivity index is 0.000000541. The van der Waals surface area contributed by atoms with Crippen LogP contribution < -0.4 is 9.46 Å². The summed E-state index contributed by atoms with van der Waals surface area (Å²) < 4.78 is 77.2. The summed E-state index contributed by atoms with van der Waals surface area (Å²) in [7, 11) is -3.78. The van der Waals surface area contributed by atoms with Crippen molar-refractivity contribution >= 4 is 33.5 Å². The molecule has 2 aromatic carbocycles. The molecule has 1 amide bonds. The summed E-state index contributed by atoms with van der Waals surface area (Å²) in [6.07, 6.45) is 2.16. The Bertz CT molecular complexity index is 1450. The number of benzene rings is 2. The number of nitrogens with zero attached hydrogens (tertiary/aromatic N) is 1. The highest BCUT2D eigenvalue weighted by molar-refractivity contribution is 7.89. The Morgan fingerprint density at radius 3 is 2.16 bits per heavy atom. The zero-order valence-electron chi connectivity index (χ0n) is 23.4. The van der Waals surface area contributed by atoms with Gasteiger partial charge in [-0.25, -0.2) is 22.3 Å². The van der Waals surface area contributed by atoms with E-state index < -0.39 is 33.9 Å². The van der Waals surface area contributed by atoms with Crippen molar-refractivity contribution in [2.45, 2.75) is 63.1 Å². The van der Waals surface area contributed by atoms with Crippen LogP contribution in [0.15, 0.2) is 30.3 Å². The Hall–Kier alpha value is -2.90. The fourth-order valence-corrected chi connectivity index (χ4v) is 5.63. The molecule has 5 rings (SSSR count). The largest absolute Gasteiger partial charge is 0.493 e. The molecule has 2 N–H and O–H groups in total. The average molecular weight is 649 g/mol. The number of carboxylic acids is 1. The van der Waals surface area contributed by atoms with Crippen LogP contribution in [0.25, 0.3) is 0 Å². The molecule has 43 heavy (non-hydrogen) atoms. The van der Waals surface area contributed by atoms with Crippen molar-refractivity contribution < 1.29 is 45.4 Å². The molecule has 3 aliphatic rings. The molecule has 8 nitrogen and oxygen atoms in total. The number of hydrogen-bond donors (Lipinski definition) is 2. The fraction of sp³-hybridized carbons (Fsp3) is 0.517. The van der Waals surface area contributed by atoms with Crippen LogP contribution in [0.4, 0.5) is 17.6 Å². The average Bonchev–Trinajstić information content (AvgIpc) is 3.82. The number of sulfonamides is 1. The van der Waals surface area contributed by atoms with E-state index in [9.17, 15) is 30.8 Å². The van der Waals surface area contributed by atoms with Crippen molar-refractivity contribution in [2.24, 2.45) is 5.92 Å². The maximum atomic E-state index is 14.7. The van der Waals surface area contributed by atoms with Crippen LogP contribution in [-0.4, -0.2) is 62.4 Å². The molecular formula is C29H33ClF4N2O6S. The van der Waals surface area contributed by atoms with Crippen LogP contribution in [0.3, 0.4) is 0 Å². The highest BCUT2D eigenvalue weighted by Crippen LogP contribution is 2.45. The Kier molecular flexibility index (Phi) is 10.3. The summed E-state index contributed by atoms with van der Waals surface area (Å²) in [6, 6.07) is 9.18. The van der Waals surface area contributed by atoms with Crippen LogP contribution in [0.2, 0.25) is 5.02 Å². The zero-order chi connectivity index (χ0) is 31.5. The van der Waals surface area contributed by atoms with E-state index in [1.165, 1.54) is 36.1 Å². The number of hydrogen-bond acceptors (Lipinski definition) is 6. The standard InChI is InChI=1S/C27H32ClFN2O4S.C2HF3O2/c1-36(33,34)30-27(32)23-13-22(19-4-5-19)26(14-25(23)29)35-16-17-8-10-31(11-9-17)15-21-7-6-20(12-24(21)28)18-2-3-18;3-2(4,5)1(6)7/h6-7,12-14,17-19H,2-5,8-11,15-16H2,1H3,(H,30,32);(H,6,7). The fourth-order valence-electron chi connectivity index (χ4n) is 4.93. The van der Waals surface area contributed by atoms with Crippen LogP contribution in [0.5, 0.6) is 5.75 Å². The molecule has 0 radical (unpaired) electrons. The number of carboxylic acid groups (broad SMARTS) is 1. The highest BCUT2D eigenvalue weighted by Gasteiger charge is 2.38. The van der Waals surface area contributed by atoms with Crippen LogP contribution in [0.1, 0.15) is 77.4 Å². The van der Waals surface area contributed by atoms with Gasteiger partial charge in [-0.05, 0) is 98.2 Å². The lowest BCUT2D eigenvalue weighted by atomic mass is 9.97. The monoisotopic (exact) mass is 648 g/mol. The van der Waals surface area contributed by atoms with Gasteiger partial charge in [0.1, 0.15) is 11.6 Å². The lowest BCUT2D eigenvalue weighted by Crippen LogP contribution is -2.35. The first-order chi connectivity index (χ1) is 20.1. The van der Waals surface area contributed by atoms with E-state index in [-0.39, 0.29) is 11.5 Å². The van der Waals surface area contributed by atoms with E-state index >= 15 is 0 Å². The molecule has 1 heterocycles.